The van der Waals surface area contributed by atoms with Crippen molar-refractivity contribution in [3.8, 4) is 0 Å². The maximum atomic E-state index is 12.2. The predicted molar refractivity (Wildman–Crippen MR) is 97.9 cm³/mol. The molecule has 1 aromatic carbocycles. The standard InChI is InChI=1S/C17H21N3O5S/c18-16(26)11-1-3-12(4-2-11)17(24)19-9-14(21)20-7-5-13(6-8-20)25-10-15(22)23/h1-4,13H,5-10H2,(H2,18,26)(H,19,24)(H,22,23). The van der Waals surface area contributed by atoms with E-state index in [0.29, 0.717) is 37.1 Å². The van der Waals surface area contributed by atoms with Crippen LogP contribution in [0.5, 0.6) is 0 Å². The summed E-state index contributed by atoms with van der Waals surface area (Å²) in [5.74, 6) is -1.55. The highest BCUT2D eigenvalue weighted by molar-refractivity contribution is 7.80. The number of likely N-dealkylation sites (tertiary alicyclic amines) is 1. The summed E-state index contributed by atoms with van der Waals surface area (Å²) in [4.78, 5) is 36.7. The Morgan fingerprint density at radius 1 is 1.19 bits per heavy atom. The zero-order valence-electron chi connectivity index (χ0n) is 14.1. The number of amides is 2. The lowest BCUT2D eigenvalue weighted by atomic mass is 10.1. The summed E-state index contributed by atoms with van der Waals surface area (Å²) in [7, 11) is 0. The van der Waals surface area contributed by atoms with Crippen molar-refractivity contribution in [1.82, 2.24) is 10.2 Å². The summed E-state index contributed by atoms with van der Waals surface area (Å²) in [6.45, 7) is 0.516. The number of carbonyl (C=O) groups excluding carboxylic acids is 2. The molecule has 1 aliphatic heterocycles. The Morgan fingerprint density at radius 3 is 2.31 bits per heavy atom. The van der Waals surface area contributed by atoms with Crippen molar-refractivity contribution in [2.75, 3.05) is 26.2 Å². The van der Waals surface area contributed by atoms with Crippen LogP contribution < -0.4 is 11.1 Å². The lowest BCUT2D eigenvalue weighted by Gasteiger charge is -2.31. The van der Waals surface area contributed by atoms with Gasteiger partial charge in [-0.3, -0.25) is 9.59 Å². The van der Waals surface area contributed by atoms with Crippen LogP contribution in [0.3, 0.4) is 0 Å². The van der Waals surface area contributed by atoms with Gasteiger partial charge in [-0.15, -0.1) is 0 Å². The van der Waals surface area contributed by atoms with E-state index < -0.39 is 5.97 Å². The SMILES string of the molecule is NC(=S)c1ccc(C(=O)NCC(=O)N2CCC(OCC(=O)O)CC2)cc1. The Balaban J connectivity index is 1.75. The summed E-state index contributed by atoms with van der Waals surface area (Å²) in [6.07, 6.45) is 0.998. The van der Waals surface area contributed by atoms with E-state index in [0.717, 1.165) is 0 Å². The van der Waals surface area contributed by atoms with E-state index in [9.17, 15) is 14.4 Å². The average Bonchev–Trinajstić information content (AvgIpc) is 2.64. The number of hydrogen-bond donors (Lipinski definition) is 3. The molecule has 1 saturated heterocycles. The van der Waals surface area contributed by atoms with Crippen LogP contribution in [0.2, 0.25) is 0 Å². The molecule has 2 rings (SSSR count). The van der Waals surface area contributed by atoms with E-state index in [2.05, 4.69) is 5.32 Å². The summed E-state index contributed by atoms with van der Waals surface area (Å²) in [5, 5.41) is 11.2. The van der Waals surface area contributed by atoms with E-state index in [4.69, 9.17) is 27.8 Å². The van der Waals surface area contributed by atoms with Crippen LogP contribution in [-0.2, 0) is 14.3 Å². The van der Waals surface area contributed by atoms with Gasteiger partial charge in [0.1, 0.15) is 11.6 Å². The Morgan fingerprint density at radius 2 is 1.77 bits per heavy atom. The van der Waals surface area contributed by atoms with Crippen LogP contribution in [0.15, 0.2) is 24.3 Å². The number of carboxylic acid groups (broad SMARTS) is 1. The molecule has 0 aromatic heterocycles. The second kappa shape index (κ2) is 9.25. The number of carboxylic acids is 1. The largest absolute Gasteiger partial charge is 0.480 e. The van der Waals surface area contributed by atoms with E-state index in [1.54, 1.807) is 29.2 Å². The molecule has 2 amide bonds. The Kier molecular flexibility index (Phi) is 7.05. The maximum Gasteiger partial charge on any atom is 0.329 e. The molecule has 0 spiro atoms. The highest BCUT2D eigenvalue weighted by atomic mass is 32.1. The molecule has 1 aromatic rings. The minimum atomic E-state index is -1.01. The number of nitrogens with two attached hydrogens (primary N) is 1. The topological polar surface area (TPSA) is 122 Å². The van der Waals surface area contributed by atoms with Crippen molar-refractivity contribution in [3.63, 3.8) is 0 Å². The van der Waals surface area contributed by atoms with Gasteiger partial charge in [0.2, 0.25) is 5.91 Å². The molecular weight excluding hydrogens is 358 g/mol. The average molecular weight is 379 g/mol. The fourth-order valence-electron chi connectivity index (χ4n) is 2.62. The summed E-state index contributed by atoms with van der Waals surface area (Å²) < 4.78 is 5.23. The van der Waals surface area contributed by atoms with Gasteiger partial charge < -0.3 is 25.8 Å². The van der Waals surface area contributed by atoms with Gasteiger partial charge in [-0.2, -0.15) is 0 Å². The number of nitrogens with zero attached hydrogens (tertiary/aromatic N) is 1. The molecule has 0 bridgehead atoms. The first-order valence-electron chi connectivity index (χ1n) is 8.16. The van der Waals surface area contributed by atoms with Crippen LogP contribution in [0.25, 0.3) is 0 Å². The molecule has 1 aliphatic rings. The Bertz CT molecular complexity index is 684. The minimum Gasteiger partial charge on any atom is -0.480 e. The first-order valence-corrected chi connectivity index (χ1v) is 8.57. The van der Waals surface area contributed by atoms with Gasteiger partial charge in [-0.1, -0.05) is 24.4 Å². The lowest BCUT2D eigenvalue weighted by Crippen LogP contribution is -2.45. The Hall–Kier alpha value is -2.52. The fraction of sp³-hybridized carbons (Fsp3) is 0.412. The van der Waals surface area contributed by atoms with E-state index in [-0.39, 0.29) is 36.1 Å². The molecular formula is C17H21N3O5S. The number of nitrogens with one attached hydrogen (secondary N) is 1. The highest BCUT2D eigenvalue weighted by Gasteiger charge is 2.24. The van der Waals surface area contributed by atoms with Gasteiger partial charge in [0.15, 0.2) is 0 Å². The fourth-order valence-corrected chi connectivity index (χ4v) is 2.75. The molecule has 8 nitrogen and oxygen atoms in total. The number of rotatable bonds is 7. The van der Waals surface area contributed by atoms with Gasteiger partial charge in [-0.05, 0) is 25.0 Å². The summed E-state index contributed by atoms with van der Waals surface area (Å²) in [5.41, 5.74) is 6.59. The zero-order valence-corrected chi connectivity index (χ0v) is 15.0. The molecule has 1 fully saturated rings. The van der Waals surface area contributed by atoms with Gasteiger partial charge in [0, 0.05) is 24.2 Å². The number of aliphatic carboxylic acids is 1. The highest BCUT2D eigenvalue weighted by Crippen LogP contribution is 2.13. The molecule has 9 heteroatoms. The monoisotopic (exact) mass is 379 g/mol. The van der Waals surface area contributed by atoms with Gasteiger partial charge in [0.05, 0.1) is 12.6 Å². The van der Waals surface area contributed by atoms with E-state index in [1.165, 1.54) is 0 Å². The number of ether oxygens (including phenoxy) is 1. The number of piperidine rings is 1. The summed E-state index contributed by atoms with van der Waals surface area (Å²) in [6, 6.07) is 6.50. The molecule has 4 N–H and O–H groups in total. The first-order chi connectivity index (χ1) is 12.4. The number of carbonyl (C=O) groups is 3. The second-order valence-corrected chi connectivity index (χ2v) is 6.35. The molecule has 0 saturated carbocycles. The molecule has 0 unspecified atom stereocenters. The third-order valence-corrected chi connectivity index (χ3v) is 4.30. The molecule has 1 heterocycles. The van der Waals surface area contributed by atoms with Crippen LogP contribution in [0, 0.1) is 0 Å². The lowest BCUT2D eigenvalue weighted by molar-refractivity contribution is -0.146. The van der Waals surface area contributed by atoms with Crippen molar-refractivity contribution < 1.29 is 24.2 Å². The molecule has 26 heavy (non-hydrogen) atoms. The third kappa shape index (κ3) is 5.78. The van der Waals surface area contributed by atoms with E-state index in [1.807, 2.05) is 0 Å². The van der Waals surface area contributed by atoms with Crippen molar-refractivity contribution in [2.45, 2.75) is 18.9 Å². The molecule has 0 atom stereocenters. The Labute approximate surface area is 156 Å². The van der Waals surface area contributed by atoms with Crippen LogP contribution in [-0.4, -0.2) is 65.1 Å². The number of hydrogen-bond acceptors (Lipinski definition) is 5. The van der Waals surface area contributed by atoms with Crippen molar-refractivity contribution in [1.29, 1.82) is 0 Å². The van der Waals surface area contributed by atoms with Crippen molar-refractivity contribution >= 4 is 35.0 Å². The van der Waals surface area contributed by atoms with Gasteiger partial charge >= 0.3 is 5.97 Å². The van der Waals surface area contributed by atoms with Crippen LogP contribution in [0.4, 0.5) is 0 Å². The van der Waals surface area contributed by atoms with Crippen molar-refractivity contribution in [2.24, 2.45) is 5.73 Å². The molecule has 0 aliphatic carbocycles. The molecule has 0 radical (unpaired) electrons. The zero-order chi connectivity index (χ0) is 19.1. The quantitative estimate of drug-likeness (QED) is 0.576. The molecule has 140 valence electrons. The van der Waals surface area contributed by atoms with Gasteiger partial charge in [0.25, 0.3) is 5.91 Å². The number of thiocarbonyl (C=S) groups is 1. The van der Waals surface area contributed by atoms with Gasteiger partial charge in [-0.25, -0.2) is 4.79 Å². The van der Waals surface area contributed by atoms with Crippen LogP contribution >= 0.6 is 12.2 Å². The first kappa shape index (κ1) is 19.8. The third-order valence-electron chi connectivity index (χ3n) is 4.07. The maximum absolute atomic E-state index is 12.2. The van der Waals surface area contributed by atoms with E-state index >= 15 is 0 Å². The van der Waals surface area contributed by atoms with Crippen molar-refractivity contribution in [3.05, 3.63) is 35.4 Å². The smallest absolute Gasteiger partial charge is 0.329 e. The second-order valence-electron chi connectivity index (χ2n) is 5.91. The minimum absolute atomic E-state index is 0.101. The van der Waals surface area contributed by atoms with Crippen LogP contribution in [0.1, 0.15) is 28.8 Å². The predicted octanol–water partition coefficient (Wildman–Crippen LogP) is 0.143. The summed E-state index contributed by atoms with van der Waals surface area (Å²) >= 11 is 4.86. The normalized spacial score (nSPS) is 14.7. The number of benzene rings is 1.